The van der Waals surface area contributed by atoms with Gasteiger partial charge in [-0.3, -0.25) is 4.21 Å². The van der Waals surface area contributed by atoms with Crippen LogP contribution >= 0.6 is 34.8 Å². The Morgan fingerprint density at radius 1 is 1.38 bits per heavy atom. The molecule has 2 nitrogen and oxygen atoms in total. The number of alkyl halides is 3. The molecule has 0 aromatic carbocycles. The second-order valence-electron chi connectivity index (χ2n) is 0.680. The van der Waals surface area contributed by atoms with Gasteiger partial charge in [0, 0.05) is 0 Å². The van der Waals surface area contributed by atoms with Crippen LogP contribution in [0.15, 0.2) is 0 Å². The van der Waals surface area contributed by atoms with Gasteiger partial charge in [-0.15, -0.1) is 0 Å². The maximum Gasteiger partial charge on any atom is 1.00 e. The van der Waals surface area contributed by atoms with Gasteiger partial charge in [0.15, 0.2) is 0 Å². The van der Waals surface area contributed by atoms with Crippen molar-refractivity contribution in [2.45, 2.75) is 3.12 Å². The van der Waals surface area contributed by atoms with E-state index in [9.17, 15) is 8.76 Å². The molecule has 1 unspecified atom stereocenters. The molecule has 0 spiro atoms. The third-order valence-corrected chi connectivity index (χ3v) is 1.70. The molecule has 0 aliphatic heterocycles. The van der Waals surface area contributed by atoms with Gasteiger partial charge in [-0.2, -0.15) is 0 Å². The number of halogens is 3. The molecule has 8 heavy (non-hydrogen) atoms. The van der Waals surface area contributed by atoms with Gasteiger partial charge in [0.25, 0.3) is 3.12 Å². The van der Waals surface area contributed by atoms with Crippen molar-refractivity contribution in [2.24, 2.45) is 0 Å². The number of rotatable bonds is 0. The molecule has 0 fully saturated rings. The fourth-order valence-electron chi connectivity index (χ4n) is 0. The molecule has 0 radical (unpaired) electrons. The SMILES string of the molecule is O=S([O-])C(Cl)(Cl)Cl.[Na+]. The summed E-state index contributed by atoms with van der Waals surface area (Å²) in [6, 6.07) is 0. The summed E-state index contributed by atoms with van der Waals surface area (Å²) in [6.45, 7) is 0. The Kier molecular flexibility index (Phi) is 7.49. The predicted octanol–water partition coefficient (Wildman–Crippen LogP) is -1.80. The summed E-state index contributed by atoms with van der Waals surface area (Å²) in [4.78, 5) is 0. The molecule has 7 heteroatoms. The van der Waals surface area contributed by atoms with Crippen molar-refractivity contribution >= 4 is 45.9 Å². The molecule has 0 amide bonds. The zero-order valence-electron chi connectivity index (χ0n) is 3.86. The number of hydrogen-bond acceptors (Lipinski definition) is 2. The van der Waals surface area contributed by atoms with Crippen molar-refractivity contribution < 1.29 is 38.3 Å². The van der Waals surface area contributed by atoms with Crippen LogP contribution in [0.25, 0.3) is 0 Å². The minimum atomic E-state index is -2.64. The summed E-state index contributed by atoms with van der Waals surface area (Å²) in [7, 11) is 0. The summed E-state index contributed by atoms with van der Waals surface area (Å²) in [6.07, 6.45) is 0. The fraction of sp³-hybridized carbons (Fsp3) is 1.00. The first-order valence-electron chi connectivity index (χ1n) is 1.10. The predicted molar refractivity (Wildman–Crippen MR) is 29.2 cm³/mol. The molecule has 44 valence electrons. The second kappa shape index (κ2) is 4.74. The Morgan fingerprint density at radius 2 is 1.50 bits per heavy atom. The summed E-state index contributed by atoms with van der Waals surface area (Å²) in [5.41, 5.74) is 0. The van der Waals surface area contributed by atoms with Crippen molar-refractivity contribution in [3.8, 4) is 0 Å². The molecule has 1 atom stereocenters. The molecule has 0 saturated carbocycles. The Bertz CT molecular complexity index is 89.8. The van der Waals surface area contributed by atoms with Crippen molar-refractivity contribution in [1.82, 2.24) is 0 Å². The van der Waals surface area contributed by atoms with E-state index >= 15 is 0 Å². The first-order valence-corrected chi connectivity index (χ1v) is 3.31. The average Bonchev–Trinajstić information content (AvgIpc) is 1.31. The van der Waals surface area contributed by atoms with E-state index in [-0.39, 0.29) is 29.6 Å². The van der Waals surface area contributed by atoms with Crippen LogP contribution in [0.3, 0.4) is 0 Å². The van der Waals surface area contributed by atoms with E-state index in [0.717, 1.165) is 0 Å². The summed E-state index contributed by atoms with van der Waals surface area (Å²) < 4.78 is 17.1. The minimum absolute atomic E-state index is 0. The Hall–Kier alpha value is 1.98. The number of hydrogen-bond donors (Lipinski definition) is 0. The summed E-state index contributed by atoms with van der Waals surface area (Å²) in [5, 5.41) is 0. The molecular weight excluding hydrogens is 205 g/mol. The molecule has 0 aromatic rings. The van der Waals surface area contributed by atoms with Crippen LogP contribution in [0.2, 0.25) is 0 Å². The minimum Gasteiger partial charge on any atom is -0.769 e. The van der Waals surface area contributed by atoms with Crippen molar-refractivity contribution in [2.75, 3.05) is 0 Å². The van der Waals surface area contributed by atoms with Gasteiger partial charge in [0.05, 0.1) is 0 Å². The van der Waals surface area contributed by atoms with Crippen molar-refractivity contribution in [3.05, 3.63) is 0 Å². The first kappa shape index (κ1) is 12.6. The van der Waals surface area contributed by atoms with E-state index < -0.39 is 14.2 Å². The molecule has 0 aromatic heterocycles. The molecule has 0 aliphatic carbocycles. The summed E-state index contributed by atoms with van der Waals surface area (Å²) >= 11 is 11.7. The van der Waals surface area contributed by atoms with E-state index in [1.807, 2.05) is 0 Å². The fourth-order valence-corrected chi connectivity index (χ4v) is 0. The average molecular weight is 205 g/mol. The second-order valence-corrected chi connectivity index (χ2v) is 4.72. The Balaban J connectivity index is 0. The Labute approximate surface area is 86.4 Å². The van der Waals surface area contributed by atoms with Gasteiger partial charge in [0.2, 0.25) is 0 Å². The van der Waals surface area contributed by atoms with Crippen LogP contribution in [-0.4, -0.2) is 11.9 Å². The van der Waals surface area contributed by atoms with Crippen molar-refractivity contribution in [1.29, 1.82) is 0 Å². The molecule has 0 heterocycles. The van der Waals surface area contributed by atoms with Gasteiger partial charge in [-0.1, -0.05) is 34.8 Å². The van der Waals surface area contributed by atoms with E-state index in [2.05, 4.69) is 0 Å². The zero-order chi connectivity index (χ0) is 6.08. The van der Waals surface area contributed by atoms with Crippen molar-refractivity contribution in [3.63, 3.8) is 0 Å². The quantitative estimate of drug-likeness (QED) is 0.266. The standard InChI is InChI=1S/CHCl3O2S.Na/c2-1(3,4)7(5)6;/h(H,5,6);/q;+1/p-1. The van der Waals surface area contributed by atoms with E-state index in [1.165, 1.54) is 0 Å². The largest absolute Gasteiger partial charge is 1.00 e. The van der Waals surface area contributed by atoms with Gasteiger partial charge in [0.1, 0.15) is 0 Å². The van der Waals surface area contributed by atoms with E-state index in [1.54, 1.807) is 0 Å². The smallest absolute Gasteiger partial charge is 0.769 e. The van der Waals surface area contributed by atoms with Gasteiger partial charge < -0.3 is 4.55 Å². The zero-order valence-corrected chi connectivity index (χ0v) is 8.94. The maximum absolute atomic E-state index is 9.62. The molecule has 0 aliphatic rings. The van der Waals surface area contributed by atoms with Gasteiger partial charge in [-0.25, -0.2) is 0 Å². The normalized spacial score (nSPS) is 14.5. The summed E-state index contributed by atoms with van der Waals surface area (Å²) in [5.74, 6) is 0. The Morgan fingerprint density at radius 3 is 1.50 bits per heavy atom. The van der Waals surface area contributed by atoms with Crippen LogP contribution in [-0.2, 0) is 11.1 Å². The topological polar surface area (TPSA) is 40.1 Å². The molecule has 0 saturated heterocycles. The van der Waals surface area contributed by atoms with Gasteiger partial charge in [-0.05, 0) is 11.1 Å². The third-order valence-electron chi connectivity index (χ3n) is 0.189. The molecule has 0 rings (SSSR count). The van der Waals surface area contributed by atoms with Crippen LogP contribution < -0.4 is 29.6 Å². The molecular formula is CCl3NaO2S. The van der Waals surface area contributed by atoms with Gasteiger partial charge >= 0.3 is 29.6 Å². The monoisotopic (exact) mass is 204 g/mol. The first-order chi connectivity index (χ1) is 2.94. The molecule has 0 N–H and O–H groups in total. The maximum atomic E-state index is 9.62. The van der Waals surface area contributed by atoms with E-state index in [0.29, 0.717) is 0 Å². The van der Waals surface area contributed by atoms with E-state index in [4.69, 9.17) is 34.8 Å². The third kappa shape index (κ3) is 6.11. The van der Waals surface area contributed by atoms with Crippen LogP contribution in [0.1, 0.15) is 0 Å². The van der Waals surface area contributed by atoms with Crippen LogP contribution in [0.5, 0.6) is 0 Å². The molecule has 0 bridgehead atoms. The van der Waals surface area contributed by atoms with Crippen LogP contribution in [0.4, 0.5) is 0 Å². The van der Waals surface area contributed by atoms with Crippen LogP contribution in [0, 0.1) is 0 Å².